The quantitative estimate of drug-likeness (QED) is 0.924. The number of aromatic nitrogens is 1. The first kappa shape index (κ1) is 14.8. The number of carbonyl (C=O) groups excluding carboxylic acids is 1. The van der Waals surface area contributed by atoms with Crippen LogP contribution in [0.15, 0.2) is 16.7 Å². The highest BCUT2D eigenvalue weighted by Gasteiger charge is 2.21. The second-order valence-electron chi connectivity index (χ2n) is 5.85. The van der Waals surface area contributed by atoms with Crippen LogP contribution in [0.25, 0.3) is 0 Å². The van der Waals surface area contributed by atoms with Gasteiger partial charge in [0, 0.05) is 16.4 Å². The third kappa shape index (κ3) is 3.10. The lowest BCUT2D eigenvalue weighted by Gasteiger charge is -2.11. The number of thiophene rings is 1. The fourth-order valence-corrected chi connectivity index (χ4v) is 2.86. The minimum atomic E-state index is -0.133. The molecule has 1 N–H and O–H groups in total. The molecule has 0 radical (unpaired) electrons. The summed E-state index contributed by atoms with van der Waals surface area (Å²) in [7, 11) is 0. The molecule has 0 unspecified atom stereocenters. The van der Waals surface area contributed by atoms with Crippen LogP contribution in [0, 0.1) is 6.92 Å². The molecular weight excluding hydrogens is 272 g/mol. The van der Waals surface area contributed by atoms with Gasteiger partial charge in [-0.1, -0.05) is 32.9 Å². The Hall–Kier alpha value is -1.62. The van der Waals surface area contributed by atoms with Crippen molar-refractivity contribution >= 4 is 23.1 Å². The summed E-state index contributed by atoms with van der Waals surface area (Å²) < 4.78 is 5.25. The number of nitrogens with one attached hydrogen (secondary N) is 1. The third-order valence-corrected chi connectivity index (χ3v) is 4.44. The van der Waals surface area contributed by atoms with Crippen molar-refractivity contribution in [1.82, 2.24) is 5.16 Å². The second-order valence-corrected chi connectivity index (χ2v) is 6.99. The molecule has 0 bridgehead atoms. The Labute approximate surface area is 123 Å². The van der Waals surface area contributed by atoms with E-state index in [0.717, 1.165) is 17.7 Å². The van der Waals surface area contributed by atoms with Gasteiger partial charge in [0.15, 0.2) is 5.82 Å². The highest BCUT2D eigenvalue weighted by Crippen LogP contribution is 2.26. The molecule has 108 valence electrons. The zero-order chi connectivity index (χ0) is 14.9. The average molecular weight is 292 g/mol. The van der Waals surface area contributed by atoms with E-state index in [1.807, 2.05) is 33.8 Å². The summed E-state index contributed by atoms with van der Waals surface area (Å²) in [5.41, 5.74) is 1.04. The van der Waals surface area contributed by atoms with Crippen LogP contribution in [0.2, 0.25) is 0 Å². The van der Waals surface area contributed by atoms with E-state index in [0.29, 0.717) is 10.7 Å². The van der Waals surface area contributed by atoms with E-state index in [9.17, 15) is 4.79 Å². The van der Waals surface area contributed by atoms with E-state index in [1.54, 1.807) is 6.07 Å². The largest absolute Gasteiger partial charge is 0.359 e. The van der Waals surface area contributed by atoms with E-state index < -0.39 is 0 Å². The number of anilines is 1. The second kappa shape index (κ2) is 5.40. The van der Waals surface area contributed by atoms with Gasteiger partial charge in [-0.2, -0.15) is 0 Å². The molecule has 0 saturated carbocycles. The van der Waals surface area contributed by atoms with E-state index in [1.165, 1.54) is 16.2 Å². The molecule has 2 rings (SSSR count). The van der Waals surface area contributed by atoms with Crippen LogP contribution in [-0.2, 0) is 11.8 Å². The van der Waals surface area contributed by atoms with Crippen LogP contribution in [-0.4, -0.2) is 11.1 Å². The maximum absolute atomic E-state index is 12.2. The molecule has 0 atom stereocenters. The van der Waals surface area contributed by atoms with Crippen LogP contribution in [0.3, 0.4) is 0 Å². The summed E-state index contributed by atoms with van der Waals surface area (Å²) in [6.45, 7) is 10.2. The van der Waals surface area contributed by atoms with E-state index in [2.05, 4.69) is 17.4 Å². The van der Waals surface area contributed by atoms with Crippen molar-refractivity contribution in [3.05, 3.63) is 33.2 Å². The van der Waals surface area contributed by atoms with Gasteiger partial charge in [0.05, 0.1) is 4.88 Å². The summed E-state index contributed by atoms with van der Waals surface area (Å²) in [5.74, 6) is 1.08. The molecule has 5 heteroatoms. The predicted molar refractivity (Wildman–Crippen MR) is 81.6 cm³/mol. The Morgan fingerprint density at radius 3 is 2.60 bits per heavy atom. The minimum absolute atomic E-state index is 0.120. The van der Waals surface area contributed by atoms with Crippen LogP contribution in [0.5, 0.6) is 0 Å². The standard InChI is InChI=1S/C15H20N2O2S/c1-6-10-9(2)7-11(20-10)14(18)16-13-8-12(19-17-13)15(3,4)5/h7-8H,6H2,1-5H3,(H,16,17,18). The molecule has 20 heavy (non-hydrogen) atoms. The van der Waals surface area contributed by atoms with Gasteiger partial charge >= 0.3 is 0 Å². The zero-order valence-electron chi connectivity index (χ0n) is 12.5. The molecule has 0 aliphatic rings. The molecule has 0 aromatic carbocycles. The van der Waals surface area contributed by atoms with Crippen LogP contribution < -0.4 is 5.32 Å². The molecule has 0 spiro atoms. The van der Waals surface area contributed by atoms with E-state index in [4.69, 9.17) is 4.52 Å². The van der Waals surface area contributed by atoms with Gasteiger partial charge in [0.1, 0.15) is 5.76 Å². The maximum atomic E-state index is 12.2. The predicted octanol–water partition coefficient (Wildman–Crippen LogP) is 4.16. The van der Waals surface area contributed by atoms with Gasteiger partial charge in [-0.05, 0) is 25.0 Å². The molecule has 2 aromatic heterocycles. The molecule has 2 heterocycles. The Morgan fingerprint density at radius 1 is 1.40 bits per heavy atom. The van der Waals surface area contributed by atoms with Gasteiger partial charge in [0.2, 0.25) is 0 Å². The Bertz CT molecular complexity index is 620. The average Bonchev–Trinajstić information content (AvgIpc) is 2.95. The monoisotopic (exact) mass is 292 g/mol. The van der Waals surface area contributed by atoms with E-state index in [-0.39, 0.29) is 11.3 Å². The molecule has 0 saturated heterocycles. The minimum Gasteiger partial charge on any atom is -0.359 e. The molecule has 0 aliphatic heterocycles. The van der Waals surface area contributed by atoms with Crippen molar-refractivity contribution in [2.24, 2.45) is 0 Å². The van der Waals surface area contributed by atoms with Crippen molar-refractivity contribution in [1.29, 1.82) is 0 Å². The molecule has 0 aliphatic carbocycles. The highest BCUT2D eigenvalue weighted by molar-refractivity contribution is 7.14. The molecule has 4 nitrogen and oxygen atoms in total. The zero-order valence-corrected chi connectivity index (χ0v) is 13.4. The van der Waals surface area contributed by atoms with Gasteiger partial charge < -0.3 is 9.84 Å². The summed E-state index contributed by atoms with van der Waals surface area (Å²) in [5, 5.41) is 6.68. The highest BCUT2D eigenvalue weighted by atomic mass is 32.1. The van der Waals surface area contributed by atoms with Crippen molar-refractivity contribution in [3.63, 3.8) is 0 Å². The summed E-state index contributed by atoms with van der Waals surface area (Å²) in [4.78, 5) is 14.1. The number of hydrogen-bond acceptors (Lipinski definition) is 4. The Kier molecular flexibility index (Phi) is 3.99. The molecule has 1 amide bonds. The first-order valence-electron chi connectivity index (χ1n) is 6.69. The van der Waals surface area contributed by atoms with Crippen molar-refractivity contribution in [2.45, 2.75) is 46.5 Å². The molecule has 0 fully saturated rings. The fraction of sp³-hybridized carbons (Fsp3) is 0.467. The van der Waals surface area contributed by atoms with Gasteiger partial charge in [0.25, 0.3) is 5.91 Å². The van der Waals surface area contributed by atoms with Crippen LogP contribution in [0.4, 0.5) is 5.82 Å². The molecule has 2 aromatic rings. The lowest BCUT2D eigenvalue weighted by molar-refractivity contribution is 0.102. The van der Waals surface area contributed by atoms with Crippen molar-refractivity contribution < 1.29 is 9.32 Å². The number of aryl methyl sites for hydroxylation is 2. The first-order valence-corrected chi connectivity index (χ1v) is 7.50. The van der Waals surface area contributed by atoms with Gasteiger partial charge in [-0.3, -0.25) is 4.79 Å². The normalized spacial score (nSPS) is 11.7. The summed E-state index contributed by atoms with van der Waals surface area (Å²) >= 11 is 1.53. The van der Waals surface area contributed by atoms with E-state index >= 15 is 0 Å². The maximum Gasteiger partial charge on any atom is 0.266 e. The fourth-order valence-electron chi connectivity index (χ4n) is 1.85. The van der Waals surface area contributed by atoms with Gasteiger partial charge in [-0.25, -0.2) is 0 Å². The Morgan fingerprint density at radius 2 is 2.10 bits per heavy atom. The number of hydrogen-bond donors (Lipinski definition) is 1. The first-order chi connectivity index (χ1) is 9.31. The van der Waals surface area contributed by atoms with Crippen molar-refractivity contribution in [3.8, 4) is 0 Å². The van der Waals surface area contributed by atoms with Gasteiger partial charge in [-0.15, -0.1) is 11.3 Å². The Balaban J connectivity index is 2.13. The van der Waals surface area contributed by atoms with Crippen molar-refractivity contribution in [2.75, 3.05) is 5.32 Å². The number of nitrogens with zero attached hydrogens (tertiary/aromatic N) is 1. The van der Waals surface area contributed by atoms with Crippen LogP contribution >= 0.6 is 11.3 Å². The lowest BCUT2D eigenvalue weighted by atomic mass is 9.93. The lowest BCUT2D eigenvalue weighted by Crippen LogP contribution is -2.11. The molecular formula is C15H20N2O2S. The number of rotatable bonds is 3. The summed E-state index contributed by atoms with van der Waals surface area (Å²) in [6.07, 6.45) is 0.946. The third-order valence-electron chi connectivity index (χ3n) is 3.06. The topological polar surface area (TPSA) is 55.1 Å². The SMILES string of the molecule is CCc1sc(C(=O)Nc2cc(C(C)(C)C)on2)cc1C. The smallest absolute Gasteiger partial charge is 0.266 e. The van der Waals surface area contributed by atoms with Crippen LogP contribution in [0.1, 0.15) is 53.6 Å². The number of carbonyl (C=O) groups is 1. The summed E-state index contributed by atoms with van der Waals surface area (Å²) in [6, 6.07) is 3.70. The number of amides is 1.